The Balaban J connectivity index is 1.27. The van der Waals surface area contributed by atoms with Crippen LogP contribution in [0.4, 0.5) is 5.13 Å². The average Bonchev–Trinajstić information content (AvgIpc) is 3.61. The van der Waals surface area contributed by atoms with Crippen LogP contribution in [-0.4, -0.2) is 31.4 Å². The lowest BCUT2D eigenvalue weighted by Gasteiger charge is -2.09. The summed E-state index contributed by atoms with van der Waals surface area (Å²) in [4.78, 5) is 18.1. The lowest BCUT2D eigenvalue weighted by Crippen LogP contribution is -2.14. The van der Waals surface area contributed by atoms with Gasteiger partial charge in [0.15, 0.2) is 16.0 Å². The van der Waals surface area contributed by atoms with E-state index in [1.165, 1.54) is 28.7 Å². The molecular formula is C24H17BrClN5O2S2. The molecule has 3 aromatic heterocycles. The number of benzene rings is 2. The second-order valence-corrected chi connectivity index (χ2v) is 10.8. The molecule has 7 nitrogen and oxygen atoms in total. The van der Waals surface area contributed by atoms with Crippen LogP contribution < -0.4 is 5.32 Å². The van der Waals surface area contributed by atoms with Crippen LogP contribution in [0.25, 0.3) is 17.3 Å². The summed E-state index contributed by atoms with van der Waals surface area (Å²) in [5.41, 5.74) is 1.99. The number of furan rings is 1. The van der Waals surface area contributed by atoms with Gasteiger partial charge in [0.2, 0.25) is 11.7 Å². The van der Waals surface area contributed by atoms with Gasteiger partial charge in [0, 0.05) is 32.7 Å². The number of anilines is 1. The highest BCUT2D eigenvalue weighted by Crippen LogP contribution is 2.29. The fraction of sp³-hybridized carbons (Fsp3) is 0.0833. The van der Waals surface area contributed by atoms with Crippen molar-refractivity contribution in [3.05, 3.63) is 93.1 Å². The van der Waals surface area contributed by atoms with Gasteiger partial charge in [0.1, 0.15) is 0 Å². The summed E-state index contributed by atoms with van der Waals surface area (Å²) in [5.74, 6) is 1.08. The summed E-state index contributed by atoms with van der Waals surface area (Å²) < 4.78 is 8.41. The molecule has 0 aliphatic heterocycles. The normalized spacial score (nSPS) is 11.0. The number of nitrogens with one attached hydrogen (secondary N) is 1. The van der Waals surface area contributed by atoms with E-state index in [-0.39, 0.29) is 11.7 Å². The van der Waals surface area contributed by atoms with Crippen LogP contribution in [0.15, 0.2) is 87.2 Å². The first-order valence-corrected chi connectivity index (χ1v) is 13.4. The summed E-state index contributed by atoms with van der Waals surface area (Å²) in [6.07, 6.45) is 4.13. The van der Waals surface area contributed by atoms with Gasteiger partial charge in [-0.15, -0.1) is 21.5 Å². The average molecular weight is 587 g/mol. The molecule has 0 aliphatic rings. The fourth-order valence-electron chi connectivity index (χ4n) is 3.29. The number of nitrogens with zero attached hydrogens (tertiary/aromatic N) is 4. The molecule has 1 amide bonds. The van der Waals surface area contributed by atoms with Gasteiger partial charge in [-0.3, -0.25) is 9.36 Å². The summed E-state index contributed by atoms with van der Waals surface area (Å²) >= 11 is 12.2. The Morgan fingerprint density at radius 2 is 1.91 bits per heavy atom. The molecule has 0 fully saturated rings. The number of thiazole rings is 1. The molecule has 176 valence electrons. The Morgan fingerprint density at radius 1 is 1.11 bits per heavy atom. The first kappa shape index (κ1) is 23.8. The first-order chi connectivity index (χ1) is 17.0. The standard InChI is InChI=1S/C24H17BrClN5O2S2/c25-16-5-3-15(4-6-16)12-19-13-27-23(35-19)28-21(32)14-34-24-30-29-22(20-2-1-11-33-20)31(24)18-9-7-17(26)8-10-18/h1-11,13H,12,14H2,(H,27,28,32). The van der Waals surface area contributed by atoms with E-state index in [1.54, 1.807) is 30.7 Å². The molecule has 1 N–H and O–H groups in total. The lowest BCUT2D eigenvalue weighted by atomic mass is 10.1. The number of halogens is 2. The van der Waals surface area contributed by atoms with Crippen LogP contribution in [0.2, 0.25) is 5.02 Å². The van der Waals surface area contributed by atoms with Crippen LogP contribution >= 0.6 is 50.6 Å². The van der Waals surface area contributed by atoms with E-state index in [1.807, 2.05) is 34.9 Å². The highest BCUT2D eigenvalue weighted by Gasteiger charge is 2.19. The molecule has 0 saturated carbocycles. The highest BCUT2D eigenvalue weighted by molar-refractivity contribution is 9.10. The van der Waals surface area contributed by atoms with Gasteiger partial charge in [-0.1, -0.05) is 51.4 Å². The third kappa shape index (κ3) is 5.84. The van der Waals surface area contributed by atoms with Gasteiger partial charge in [-0.2, -0.15) is 0 Å². The summed E-state index contributed by atoms with van der Waals surface area (Å²) in [7, 11) is 0. The van der Waals surface area contributed by atoms with Gasteiger partial charge in [0.05, 0.1) is 12.0 Å². The molecule has 5 rings (SSSR count). The van der Waals surface area contributed by atoms with Crippen molar-refractivity contribution in [2.24, 2.45) is 0 Å². The molecule has 0 saturated heterocycles. The van der Waals surface area contributed by atoms with E-state index in [0.717, 1.165) is 21.5 Å². The number of rotatable bonds is 8. The zero-order valence-corrected chi connectivity index (χ0v) is 22.0. The number of thioether (sulfide) groups is 1. The monoisotopic (exact) mass is 585 g/mol. The molecule has 0 aliphatic carbocycles. The largest absolute Gasteiger partial charge is 0.461 e. The topological polar surface area (TPSA) is 85.8 Å². The minimum absolute atomic E-state index is 0.144. The van der Waals surface area contributed by atoms with E-state index in [0.29, 0.717) is 26.9 Å². The molecule has 0 atom stereocenters. The van der Waals surface area contributed by atoms with Gasteiger partial charge in [-0.05, 0) is 54.1 Å². The molecule has 5 aromatic rings. The maximum Gasteiger partial charge on any atom is 0.236 e. The minimum Gasteiger partial charge on any atom is -0.461 e. The van der Waals surface area contributed by atoms with Crippen molar-refractivity contribution in [1.82, 2.24) is 19.7 Å². The predicted molar refractivity (Wildman–Crippen MR) is 142 cm³/mol. The van der Waals surface area contributed by atoms with Crippen molar-refractivity contribution in [3.8, 4) is 17.3 Å². The van der Waals surface area contributed by atoms with E-state index < -0.39 is 0 Å². The van der Waals surface area contributed by atoms with Crippen LogP contribution in [0.5, 0.6) is 0 Å². The summed E-state index contributed by atoms with van der Waals surface area (Å²) in [5, 5.41) is 13.2. The van der Waals surface area contributed by atoms with Crippen molar-refractivity contribution in [3.63, 3.8) is 0 Å². The van der Waals surface area contributed by atoms with E-state index in [9.17, 15) is 4.79 Å². The number of hydrogen-bond acceptors (Lipinski definition) is 7. The Kier molecular flexibility index (Phi) is 7.33. The second kappa shape index (κ2) is 10.8. The van der Waals surface area contributed by atoms with E-state index in [2.05, 4.69) is 48.6 Å². The van der Waals surface area contributed by atoms with Crippen molar-refractivity contribution in [2.75, 3.05) is 11.1 Å². The first-order valence-electron chi connectivity index (χ1n) is 10.4. The zero-order valence-electron chi connectivity index (χ0n) is 18.0. The van der Waals surface area contributed by atoms with Crippen molar-refractivity contribution >= 4 is 61.7 Å². The molecule has 0 spiro atoms. The molecule has 11 heteroatoms. The predicted octanol–water partition coefficient (Wildman–Crippen LogP) is 6.72. The fourth-order valence-corrected chi connectivity index (χ4v) is 5.29. The van der Waals surface area contributed by atoms with Gasteiger partial charge >= 0.3 is 0 Å². The van der Waals surface area contributed by atoms with Crippen LogP contribution in [0.3, 0.4) is 0 Å². The second-order valence-electron chi connectivity index (χ2n) is 7.37. The maximum absolute atomic E-state index is 12.7. The number of carbonyl (C=O) groups excluding carboxylic acids is 1. The number of amides is 1. The molecule has 0 radical (unpaired) electrons. The third-order valence-electron chi connectivity index (χ3n) is 4.88. The quantitative estimate of drug-likeness (QED) is 0.203. The molecule has 3 heterocycles. The van der Waals surface area contributed by atoms with Crippen molar-refractivity contribution in [2.45, 2.75) is 11.6 Å². The van der Waals surface area contributed by atoms with E-state index in [4.69, 9.17) is 16.0 Å². The smallest absolute Gasteiger partial charge is 0.236 e. The minimum atomic E-state index is -0.176. The Bertz CT molecular complexity index is 1430. The van der Waals surface area contributed by atoms with Crippen molar-refractivity contribution in [1.29, 1.82) is 0 Å². The van der Waals surface area contributed by atoms with Gasteiger partial charge in [-0.25, -0.2) is 4.98 Å². The van der Waals surface area contributed by atoms with Crippen molar-refractivity contribution < 1.29 is 9.21 Å². The molecule has 35 heavy (non-hydrogen) atoms. The maximum atomic E-state index is 12.7. The molecule has 0 unspecified atom stereocenters. The number of hydrogen-bond donors (Lipinski definition) is 1. The Labute approximate surface area is 222 Å². The summed E-state index contributed by atoms with van der Waals surface area (Å²) in [6, 6.07) is 19.1. The third-order valence-corrected chi connectivity index (χ3v) is 7.51. The SMILES string of the molecule is O=C(CSc1nnc(-c2ccco2)n1-c1ccc(Cl)cc1)Nc1ncc(Cc2ccc(Br)cc2)s1. The Hall–Kier alpha value is -2.92. The zero-order chi connectivity index (χ0) is 24.2. The lowest BCUT2D eigenvalue weighted by molar-refractivity contribution is -0.113. The number of aromatic nitrogens is 4. The van der Waals surface area contributed by atoms with Crippen LogP contribution in [0, 0.1) is 0 Å². The van der Waals surface area contributed by atoms with Crippen LogP contribution in [-0.2, 0) is 11.2 Å². The molecular weight excluding hydrogens is 570 g/mol. The molecule has 0 bridgehead atoms. The van der Waals surface area contributed by atoms with Crippen LogP contribution in [0.1, 0.15) is 10.4 Å². The number of carbonyl (C=O) groups is 1. The highest BCUT2D eigenvalue weighted by atomic mass is 79.9. The Morgan fingerprint density at radius 3 is 2.66 bits per heavy atom. The van der Waals surface area contributed by atoms with Gasteiger partial charge in [0.25, 0.3) is 0 Å². The summed E-state index contributed by atoms with van der Waals surface area (Å²) in [6.45, 7) is 0. The van der Waals surface area contributed by atoms with Gasteiger partial charge < -0.3 is 9.73 Å². The molecule has 2 aromatic carbocycles. The van der Waals surface area contributed by atoms with E-state index >= 15 is 0 Å².